The van der Waals surface area contributed by atoms with Crippen molar-refractivity contribution >= 4 is 23.2 Å². The molecule has 0 radical (unpaired) electrons. The summed E-state index contributed by atoms with van der Waals surface area (Å²) in [5, 5.41) is 19.4. The topological polar surface area (TPSA) is 113 Å². The molecule has 142 valence electrons. The Kier molecular flexibility index (Phi) is 5.06. The number of aromatic amines is 1. The lowest BCUT2D eigenvalue weighted by Gasteiger charge is -2.08. The van der Waals surface area contributed by atoms with E-state index in [1.54, 1.807) is 66.7 Å². The highest BCUT2D eigenvalue weighted by molar-refractivity contribution is 6.06. The van der Waals surface area contributed by atoms with E-state index in [-0.39, 0.29) is 11.8 Å². The van der Waals surface area contributed by atoms with Gasteiger partial charge < -0.3 is 10.6 Å². The predicted octanol–water partition coefficient (Wildman–Crippen LogP) is 3.37. The molecule has 0 bridgehead atoms. The van der Waals surface area contributed by atoms with E-state index in [0.29, 0.717) is 28.3 Å². The van der Waals surface area contributed by atoms with E-state index in [0.717, 1.165) is 5.56 Å². The Morgan fingerprint density at radius 3 is 2.10 bits per heavy atom. The number of tetrazole rings is 1. The van der Waals surface area contributed by atoms with Gasteiger partial charge in [-0.3, -0.25) is 9.59 Å². The normalized spacial score (nSPS) is 10.3. The van der Waals surface area contributed by atoms with Gasteiger partial charge in [0.2, 0.25) is 5.82 Å². The predicted molar refractivity (Wildman–Crippen MR) is 108 cm³/mol. The van der Waals surface area contributed by atoms with Gasteiger partial charge in [0.05, 0.1) is 0 Å². The molecule has 3 N–H and O–H groups in total. The Labute approximate surface area is 166 Å². The Balaban J connectivity index is 1.42. The minimum absolute atomic E-state index is 0.207. The van der Waals surface area contributed by atoms with Crippen LogP contribution < -0.4 is 10.6 Å². The monoisotopic (exact) mass is 384 g/mol. The van der Waals surface area contributed by atoms with Crippen molar-refractivity contribution in [3.63, 3.8) is 0 Å². The average Bonchev–Trinajstić information content (AvgIpc) is 3.30. The van der Waals surface area contributed by atoms with E-state index < -0.39 is 0 Å². The second kappa shape index (κ2) is 8.13. The summed E-state index contributed by atoms with van der Waals surface area (Å²) in [5.74, 6) is -0.0307. The maximum atomic E-state index is 12.5. The maximum Gasteiger partial charge on any atom is 0.255 e. The van der Waals surface area contributed by atoms with E-state index in [1.807, 2.05) is 12.1 Å². The van der Waals surface area contributed by atoms with Crippen molar-refractivity contribution in [3.05, 3.63) is 90.0 Å². The number of anilines is 2. The van der Waals surface area contributed by atoms with Gasteiger partial charge in [-0.05, 0) is 53.7 Å². The second-order valence-corrected chi connectivity index (χ2v) is 6.17. The van der Waals surface area contributed by atoms with Gasteiger partial charge in [0.25, 0.3) is 11.8 Å². The highest BCUT2D eigenvalue weighted by Crippen LogP contribution is 2.19. The van der Waals surface area contributed by atoms with Gasteiger partial charge >= 0.3 is 0 Å². The first-order valence-electron chi connectivity index (χ1n) is 8.81. The fourth-order valence-corrected chi connectivity index (χ4v) is 2.72. The fourth-order valence-electron chi connectivity index (χ4n) is 2.72. The first-order chi connectivity index (χ1) is 14.2. The Hall–Kier alpha value is -4.33. The molecule has 2 amide bonds. The molecular weight excluding hydrogens is 368 g/mol. The molecule has 1 heterocycles. The summed E-state index contributed by atoms with van der Waals surface area (Å²) in [7, 11) is 0. The van der Waals surface area contributed by atoms with E-state index in [1.165, 1.54) is 0 Å². The molecule has 29 heavy (non-hydrogen) atoms. The third-order valence-corrected chi connectivity index (χ3v) is 4.16. The van der Waals surface area contributed by atoms with Gasteiger partial charge in [0, 0.05) is 28.1 Å². The average molecular weight is 384 g/mol. The largest absolute Gasteiger partial charge is 0.322 e. The summed E-state index contributed by atoms with van der Waals surface area (Å²) in [6.45, 7) is 0. The number of H-pyrrole nitrogens is 1. The number of carbonyl (C=O) groups excluding carboxylic acids is 2. The second-order valence-electron chi connectivity index (χ2n) is 6.17. The van der Waals surface area contributed by atoms with Crippen LogP contribution in [-0.2, 0) is 0 Å². The van der Waals surface area contributed by atoms with Crippen molar-refractivity contribution in [2.24, 2.45) is 0 Å². The zero-order valence-electron chi connectivity index (χ0n) is 15.2. The molecule has 0 unspecified atom stereocenters. The summed E-state index contributed by atoms with van der Waals surface area (Å²) in [6, 6.07) is 22.8. The molecule has 0 aliphatic carbocycles. The van der Waals surface area contributed by atoms with Crippen LogP contribution in [0.1, 0.15) is 20.7 Å². The standard InChI is InChI=1S/C21H16N6O2/c28-20(14-5-2-1-3-6-14)22-17-11-9-15(10-12-17)21(29)23-18-8-4-7-16(13-18)19-24-26-27-25-19/h1-13H,(H,22,28)(H,23,29)(H,24,25,26,27). The SMILES string of the molecule is O=C(Nc1ccc(C(=O)Nc2cccc(-c3nn[nH]n3)c2)cc1)c1ccccc1. The Bertz CT molecular complexity index is 1130. The minimum Gasteiger partial charge on any atom is -0.322 e. The molecule has 0 saturated carbocycles. The highest BCUT2D eigenvalue weighted by atomic mass is 16.2. The molecule has 0 aliphatic rings. The quantitative estimate of drug-likeness (QED) is 0.488. The van der Waals surface area contributed by atoms with Crippen LogP contribution in [0.4, 0.5) is 11.4 Å². The third kappa shape index (κ3) is 4.33. The van der Waals surface area contributed by atoms with Gasteiger partial charge in [-0.1, -0.05) is 30.3 Å². The Morgan fingerprint density at radius 2 is 1.41 bits per heavy atom. The molecule has 0 aliphatic heterocycles. The summed E-state index contributed by atoms with van der Waals surface area (Å²) in [6.07, 6.45) is 0. The van der Waals surface area contributed by atoms with E-state index in [2.05, 4.69) is 31.3 Å². The molecule has 8 nitrogen and oxygen atoms in total. The van der Waals surface area contributed by atoms with Crippen LogP contribution in [0.2, 0.25) is 0 Å². The number of hydrogen-bond acceptors (Lipinski definition) is 5. The summed E-state index contributed by atoms with van der Waals surface area (Å²) in [4.78, 5) is 24.7. The van der Waals surface area contributed by atoms with Gasteiger partial charge in [0.1, 0.15) is 0 Å². The number of nitrogens with zero attached hydrogens (tertiary/aromatic N) is 3. The number of nitrogens with one attached hydrogen (secondary N) is 3. The van der Waals surface area contributed by atoms with Crippen LogP contribution in [0.25, 0.3) is 11.4 Å². The summed E-state index contributed by atoms with van der Waals surface area (Å²) >= 11 is 0. The van der Waals surface area contributed by atoms with E-state index in [9.17, 15) is 9.59 Å². The highest BCUT2D eigenvalue weighted by Gasteiger charge is 2.10. The Morgan fingerprint density at radius 1 is 0.724 bits per heavy atom. The van der Waals surface area contributed by atoms with Crippen LogP contribution in [0, 0.1) is 0 Å². The number of carbonyl (C=O) groups is 2. The van der Waals surface area contributed by atoms with Crippen molar-refractivity contribution in [2.75, 3.05) is 10.6 Å². The molecule has 3 aromatic carbocycles. The molecule has 4 rings (SSSR count). The first-order valence-corrected chi connectivity index (χ1v) is 8.81. The van der Waals surface area contributed by atoms with Crippen molar-refractivity contribution in [3.8, 4) is 11.4 Å². The fraction of sp³-hybridized carbons (Fsp3) is 0. The number of aromatic nitrogens is 4. The van der Waals surface area contributed by atoms with Crippen LogP contribution in [-0.4, -0.2) is 32.4 Å². The maximum absolute atomic E-state index is 12.5. The van der Waals surface area contributed by atoms with E-state index in [4.69, 9.17) is 0 Å². The summed E-state index contributed by atoms with van der Waals surface area (Å²) < 4.78 is 0. The van der Waals surface area contributed by atoms with Crippen LogP contribution in [0.5, 0.6) is 0 Å². The molecule has 8 heteroatoms. The molecular formula is C21H16N6O2. The third-order valence-electron chi connectivity index (χ3n) is 4.16. The number of amides is 2. The zero-order chi connectivity index (χ0) is 20.1. The molecule has 1 aromatic heterocycles. The number of hydrogen-bond donors (Lipinski definition) is 3. The van der Waals surface area contributed by atoms with Crippen molar-refractivity contribution < 1.29 is 9.59 Å². The van der Waals surface area contributed by atoms with Crippen LogP contribution in [0.3, 0.4) is 0 Å². The lowest BCUT2D eigenvalue weighted by molar-refractivity contribution is 0.102. The van der Waals surface area contributed by atoms with Crippen molar-refractivity contribution in [1.82, 2.24) is 20.6 Å². The van der Waals surface area contributed by atoms with Crippen LogP contribution >= 0.6 is 0 Å². The van der Waals surface area contributed by atoms with E-state index >= 15 is 0 Å². The smallest absolute Gasteiger partial charge is 0.255 e. The lowest BCUT2D eigenvalue weighted by atomic mass is 10.1. The lowest BCUT2D eigenvalue weighted by Crippen LogP contribution is -2.13. The zero-order valence-corrected chi connectivity index (χ0v) is 15.2. The van der Waals surface area contributed by atoms with Gasteiger partial charge in [-0.15, -0.1) is 10.2 Å². The van der Waals surface area contributed by atoms with Crippen molar-refractivity contribution in [1.29, 1.82) is 0 Å². The molecule has 0 spiro atoms. The van der Waals surface area contributed by atoms with Gasteiger partial charge in [-0.25, -0.2) is 0 Å². The molecule has 0 fully saturated rings. The molecule has 0 saturated heterocycles. The number of benzene rings is 3. The van der Waals surface area contributed by atoms with Gasteiger partial charge in [-0.2, -0.15) is 5.21 Å². The van der Waals surface area contributed by atoms with Gasteiger partial charge in [0.15, 0.2) is 0 Å². The van der Waals surface area contributed by atoms with Crippen molar-refractivity contribution in [2.45, 2.75) is 0 Å². The molecule has 0 atom stereocenters. The van der Waals surface area contributed by atoms with Crippen LogP contribution in [0.15, 0.2) is 78.9 Å². The summed E-state index contributed by atoms with van der Waals surface area (Å²) in [5.41, 5.74) is 2.98. The number of rotatable bonds is 5. The minimum atomic E-state index is -0.267. The molecule has 4 aromatic rings. The first kappa shape index (κ1) is 18.1.